The third-order valence-corrected chi connectivity index (χ3v) is 6.38. The minimum Gasteiger partial charge on any atom is -0.351 e. The van der Waals surface area contributed by atoms with Crippen LogP contribution < -0.4 is 5.32 Å². The van der Waals surface area contributed by atoms with E-state index >= 15 is 0 Å². The second-order valence-electron chi connectivity index (χ2n) is 7.74. The van der Waals surface area contributed by atoms with Gasteiger partial charge >= 0.3 is 0 Å². The Bertz CT molecular complexity index is 784. The second-order valence-corrected chi connectivity index (χ2v) is 8.35. The molecule has 1 heterocycles. The molecule has 6 nitrogen and oxygen atoms in total. The van der Waals surface area contributed by atoms with Crippen molar-refractivity contribution in [2.75, 3.05) is 0 Å². The highest BCUT2D eigenvalue weighted by Gasteiger charge is 2.39. The van der Waals surface area contributed by atoms with E-state index in [0.29, 0.717) is 5.69 Å². The fourth-order valence-electron chi connectivity index (χ4n) is 4.49. The molecule has 2 aliphatic carbocycles. The highest BCUT2D eigenvalue weighted by Crippen LogP contribution is 2.33. The summed E-state index contributed by atoms with van der Waals surface area (Å²) in [6.45, 7) is 0. The van der Waals surface area contributed by atoms with Gasteiger partial charge in [-0.2, -0.15) is 0 Å². The zero-order chi connectivity index (χ0) is 19.3. The lowest BCUT2D eigenvalue weighted by Gasteiger charge is -2.36. The largest absolute Gasteiger partial charge is 0.351 e. The maximum absolute atomic E-state index is 13.4. The molecule has 148 valence electrons. The van der Waals surface area contributed by atoms with Crippen LogP contribution in [0.15, 0.2) is 35.7 Å². The lowest BCUT2D eigenvalue weighted by atomic mass is 10.00. The highest BCUT2D eigenvalue weighted by atomic mass is 32.1. The van der Waals surface area contributed by atoms with Gasteiger partial charge in [-0.3, -0.25) is 9.59 Å². The van der Waals surface area contributed by atoms with Gasteiger partial charge < -0.3 is 10.2 Å². The smallest absolute Gasteiger partial charge is 0.276 e. The number of hydrogen-bond donors (Lipinski definition) is 1. The van der Waals surface area contributed by atoms with Crippen molar-refractivity contribution in [1.29, 1.82) is 0 Å². The van der Waals surface area contributed by atoms with E-state index in [0.717, 1.165) is 68.5 Å². The Balaban J connectivity index is 1.69. The van der Waals surface area contributed by atoms with E-state index in [9.17, 15) is 9.59 Å². The summed E-state index contributed by atoms with van der Waals surface area (Å²) in [7, 11) is 0. The normalized spacial score (nSPS) is 18.9. The minimum atomic E-state index is -0.640. The van der Waals surface area contributed by atoms with E-state index in [4.69, 9.17) is 0 Å². The number of nitrogens with one attached hydrogen (secondary N) is 1. The number of aromatic nitrogens is 2. The van der Waals surface area contributed by atoms with Crippen molar-refractivity contribution < 1.29 is 9.59 Å². The first-order valence-electron chi connectivity index (χ1n) is 10.2. The Morgan fingerprint density at radius 3 is 2.36 bits per heavy atom. The first kappa shape index (κ1) is 19.1. The predicted molar refractivity (Wildman–Crippen MR) is 108 cm³/mol. The van der Waals surface area contributed by atoms with Gasteiger partial charge in [-0.15, -0.1) is 5.10 Å². The van der Waals surface area contributed by atoms with Gasteiger partial charge in [0.2, 0.25) is 5.91 Å². The summed E-state index contributed by atoms with van der Waals surface area (Å²) in [4.78, 5) is 28.6. The molecule has 2 amide bonds. The van der Waals surface area contributed by atoms with Crippen LogP contribution in [-0.4, -0.2) is 38.4 Å². The van der Waals surface area contributed by atoms with Crippen molar-refractivity contribution >= 4 is 23.3 Å². The van der Waals surface area contributed by atoms with Gasteiger partial charge in [-0.25, -0.2) is 0 Å². The van der Waals surface area contributed by atoms with Gasteiger partial charge in [0.15, 0.2) is 5.69 Å². The number of carbonyl (C=O) groups is 2. The Labute approximate surface area is 169 Å². The fraction of sp³-hybridized carbons (Fsp3) is 0.524. The van der Waals surface area contributed by atoms with Crippen LogP contribution in [0.3, 0.4) is 0 Å². The predicted octanol–water partition coefficient (Wildman–Crippen LogP) is 3.72. The molecule has 1 N–H and O–H groups in total. The number of amides is 2. The molecule has 7 heteroatoms. The quantitative estimate of drug-likeness (QED) is 0.805. The van der Waals surface area contributed by atoms with Crippen molar-refractivity contribution in [3.05, 3.63) is 47.0 Å². The summed E-state index contributed by atoms with van der Waals surface area (Å²) < 4.78 is 3.86. The number of hydrogen-bond acceptors (Lipinski definition) is 5. The molecule has 1 aromatic heterocycles. The van der Waals surface area contributed by atoms with E-state index in [1.807, 2.05) is 30.3 Å². The van der Waals surface area contributed by atoms with E-state index in [2.05, 4.69) is 14.9 Å². The monoisotopic (exact) mass is 398 g/mol. The van der Waals surface area contributed by atoms with Crippen molar-refractivity contribution in [3.63, 3.8) is 0 Å². The summed E-state index contributed by atoms with van der Waals surface area (Å²) in [5.74, 6) is -0.280. The van der Waals surface area contributed by atoms with Crippen molar-refractivity contribution in [2.45, 2.75) is 69.5 Å². The topological polar surface area (TPSA) is 75.2 Å². The Hall–Kier alpha value is -2.28. The third-order valence-electron chi connectivity index (χ3n) is 5.88. The Morgan fingerprint density at radius 2 is 1.71 bits per heavy atom. The van der Waals surface area contributed by atoms with Gasteiger partial charge in [0, 0.05) is 17.5 Å². The molecule has 0 bridgehead atoms. The summed E-state index contributed by atoms with van der Waals surface area (Å²) in [6.07, 6.45) is 8.33. The number of nitrogens with zero attached hydrogens (tertiary/aromatic N) is 3. The molecule has 0 unspecified atom stereocenters. The Morgan fingerprint density at radius 1 is 1.04 bits per heavy atom. The molecule has 0 saturated heterocycles. The first-order chi connectivity index (χ1) is 13.7. The van der Waals surface area contributed by atoms with Gasteiger partial charge in [0.25, 0.3) is 5.91 Å². The molecule has 2 aliphatic rings. The zero-order valence-electron chi connectivity index (χ0n) is 15.9. The Kier molecular flexibility index (Phi) is 6.00. The van der Waals surface area contributed by atoms with Gasteiger partial charge in [-0.1, -0.05) is 60.5 Å². The molecule has 1 atom stereocenters. The molecule has 2 saturated carbocycles. The van der Waals surface area contributed by atoms with Gasteiger partial charge in [0.1, 0.15) is 6.04 Å². The van der Waals surface area contributed by atoms with Crippen molar-refractivity contribution in [1.82, 2.24) is 19.8 Å². The maximum Gasteiger partial charge on any atom is 0.276 e. The molecule has 0 spiro atoms. The van der Waals surface area contributed by atoms with Crippen LogP contribution in [0.2, 0.25) is 0 Å². The van der Waals surface area contributed by atoms with Crippen LogP contribution in [0.1, 0.15) is 73.5 Å². The van der Waals surface area contributed by atoms with Crippen LogP contribution >= 0.6 is 11.5 Å². The van der Waals surface area contributed by atoms with E-state index in [1.165, 1.54) is 0 Å². The van der Waals surface area contributed by atoms with Crippen LogP contribution in [-0.2, 0) is 4.79 Å². The zero-order valence-corrected chi connectivity index (χ0v) is 16.7. The minimum absolute atomic E-state index is 0.0498. The van der Waals surface area contributed by atoms with E-state index in [1.54, 1.807) is 10.3 Å². The lowest BCUT2D eigenvalue weighted by Crippen LogP contribution is -2.49. The molecule has 2 fully saturated rings. The van der Waals surface area contributed by atoms with Crippen molar-refractivity contribution in [3.8, 4) is 0 Å². The first-order valence-corrected chi connectivity index (χ1v) is 11.0. The van der Waals surface area contributed by atoms with Crippen LogP contribution in [0, 0.1) is 0 Å². The van der Waals surface area contributed by atoms with Crippen molar-refractivity contribution in [2.24, 2.45) is 0 Å². The lowest BCUT2D eigenvalue weighted by molar-refractivity contribution is -0.127. The second kappa shape index (κ2) is 8.82. The van der Waals surface area contributed by atoms with Crippen LogP contribution in [0.25, 0.3) is 0 Å². The average Bonchev–Trinajstić information content (AvgIpc) is 3.49. The molecular formula is C21H26N4O2S. The molecule has 0 aliphatic heterocycles. The molecular weight excluding hydrogens is 372 g/mol. The highest BCUT2D eigenvalue weighted by molar-refractivity contribution is 7.03. The molecule has 1 aromatic carbocycles. The van der Waals surface area contributed by atoms with E-state index < -0.39 is 6.04 Å². The fourth-order valence-corrected chi connectivity index (χ4v) is 4.92. The average molecular weight is 399 g/mol. The summed E-state index contributed by atoms with van der Waals surface area (Å²) >= 11 is 1.16. The molecule has 28 heavy (non-hydrogen) atoms. The van der Waals surface area contributed by atoms with Crippen LogP contribution in [0.4, 0.5) is 0 Å². The van der Waals surface area contributed by atoms with Gasteiger partial charge in [-0.05, 0) is 42.8 Å². The number of benzene rings is 1. The summed E-state index contributed by atoms with van der Waals surface area (Å²) in [6, 6.07) is 9.27. The molecule has 4 rings (SSSR count). The summed E-state index contributed by atoms with van der Waals surface area (Å²) in [5.41, 5.74) is 1.17. The third kappa shape index (κ3) is 4.09. The molecule has 2 aromatic rings. The summed E-state index contributed by atoms with van der Waals surface area (Å²) in [5, 5.41) is 8.88. The maximum atomic E-state index is 13.4. The molecule has 0 radical (unpaired) electrons. The van der Waals surface area contributed by atoms with Gasteiger partial charge in [0.05, 0.1) is 0 Å². The number of rotatable bonds is 6. The van der Waals surface area contributed by atoms with E-state index in [-0.39, 0.29) is 23.9 Å². The SMILES string of the molecule is O=C(NC1CCCC1)[C@H](c1ccccc1)N(C(=O)c1csnn1)C1CCCC1. The number of carbonyl (C=O) groups excluding carboxylic acids is 2. The van der Waals surface area contributed by atoms with Crippen LogP contribution in [0.5, 0.6) is 0 Å². The standard InChI is InChI=1S/C21H26N4O2S/c26-20(22-16-10-4-5-11-16)19(15-8-2-1-3-9-15)25(17-12-6-7-13-17)21(27)18-14-28-24-23-18/h1-3,8-9,14,16-17,19H,4-7,10-13H2,(H,22,26)/t19-/m0/s1.